The number of unbranched alkanes of at least 4 members (excludes halogenated alkanes) is 2. The van der Waals surface area contributed by atoms with Gasteiger partial charge in [0, 0.05) is 6.07 Å². The second-order valence-corrected chi connectivity index (χ2v) is 4.22. The minimum Gasteiger partial charge on any atom is -0.493 e. The molecule has 1 rings (SSSR count). The van der Waals surface area contributed by atoms with Crippen LogP contribution in [-0.2, 0) is 0 Å². The molecule has 0 N–H and O–H groups in total. The van der Waals surface area contributed by atoms with Crippen LogP contribution in [0.2, 0.25) is 0 Å². The van der Waals surface area contributed by atoms with Gasteiger partial charge in [-0.1, -0.05) is 26.7 Å². The van der Waals surface area contributed by atoms with Crippen molar-refractivity contribution in [2.24, 2.45) is 0 Å². The standard InChI is InChI=1S/C15H24O3/c1-4-6-10-17-13-8-9-14(15(12-13)16-3)18-11-7-5-2/h8-9,12H,4-7,10-11H2,1-3H3. The third-order valence-electron chi connectivity index (χ3n) is 2.66. The van der Waals surface area contributed by atoms with Crippen LogP contribution >= 0.6 is 0 Å². The molecule has 0 spiro atoms. The van der Waals surface area contributed by atoms with Crippen molar-refractivity contribution < 1.29 is 14.2 Å². The summed E-state index contributed by atoms with van der Waals surface area (Å²) in [5, 5.41) is 0. The molecule has 0 aromatic heterocycles. The molecule has 0 aliphatic carbocycles. The smallest absolute Gasteiger partial charge is 0.164 e. The predicted octanol–water partition coefficient (Wildman–Crippen LogP) is 4.05. The molecule has 3 heteroatoms. The first kappa shape index (κ1) is 14.7. The zero-order chi connectivity index (χ0) is 13.2. The van der Waals surface area contributed by atoms with Gasteiger partial charge in [-0.05, 0) is 25.0 Å². The monoisotopic (exact) mass is 252 g/mol. The van der Waals surface area contributed by atoms with E-state index in [4.69, 9.17) is 14.2 Å². The molecule has 0 amide bonds. The van der Waals surface area contributed by atoms with Gasteiger partial charge >= 0.3 is 0 Å². The molecule has 0 unspecified atom stereocenters. The Kier molecular flexibility index (Phi) is 7.07. The number of ether oxygens (including phenoxy) is 3. The predicted molar refractivity (Wildman–Crippen MR) is 73.8 cm³/mol. The third-order valence-corrected chi connectivity index (χ3v) is 2.66. The largest absolute Gasteiger partial charge is 0.493 e. The van der Waals surface area contributed by atoms with E-state index in [1.165, 1.54) is 0 Å². The molecule has 0 saturated carbocycles. The van der Waals surface area contributed by atoms with Crippen molar-refractivity contribution in [3.63, 3.8) is 0 Å². The lowest BCUT2D eigenvalue weighted by Gasteiger charge is -2.12. The van der Waals surface area contributed by atoms with Crippen LogP contribution in [0.3, 0.4) is 0 Å². The second kappa shape index (κ2) is 8.67. The van der Waals surface area contributed by atoms with Gasteiger partial charge in [0.05, 0.1) is 20.3 Å². The minimum absolute atomic E-state index is 0.725. The molecule has 1 aromatic carbocycles. The maximum absolute atomic E-state index is 5.67. The first-order valence-electron chi connectivity index (χ1n) is 6.75. The summed E-state index contributed by atoms with van der Waals surface area (Å²) in [6.07, 6.45) is 4.38. The van der Waals surface area contributed by atoms with Crippen LogP contribution < -0.4 is 14.2 Å². The Hall–Kier alpha value is -1.38. The van der Waals surface area contributed by atoms with Crippen molar-refractivity contribution in [1.29, 1.82) is 0 Å². The van der Waals surface area contributed by atoms with Crippen LogP contribution in [0.15, 0.2) is 18.2 Å². The van der Waals surface area contributed by atoms with Crippen LogP contribution in [0.25, 0.3) is 0 Å². The molecule has 3 nitrogen and oxygen atoms in total. The average Bonchev–Trinajstić information content (AvgIpc) is 2.40. The zero-order valence-corrected chi connectivity index (χ0v) is 11.7. The van der Waals surface area contributed by atoms with E-state index < -0.39 is 0 Å². The fraction of sp³-hybridized carbons (Fsp3) is 0.600. The highest BCUT2D eigenvalue weighted by Crippen LogP contribution is 2.31. The molecule has 18 heavy (non-hydrogen) atoms. The van der Waals surface area contributed by atoms with Crippen molar-refractivity contribution in [3.05, 3.63) is 18.2 Å². The second-order valence-electron chi connectivity index (χ2n) is 4.22. The highest BCUT2D eigenvalue weighted by Gasteiger charge is 2.06. The molecule has 102 valence electrons. The van der Waals surface area contributed by atoms with E-state index in [1.807, 2.05) is 18.2 Å². The van der Waals surface area contributed by atoms with Crippen molar-refractivity contribution in [2.75, 3.05) is 20.3 Å². The Morgan fingerprint density at radius 3 is 2.17 bits per heavy atom. The Balaban J connectivity index is 2.58. The fourth-order valence-corrected chi connectivity index (χ4v) is 1.52. The summed E-state index contributed by atoms with van der Waals surface area (Å²) in [4.78, 5) is 0. The van der Waals surface area contributed by atoms with E-state index in [9.17, 15) is 0 Å². The van der Waals surface area contributed by atoms with E-state index in [-0.39, 0.29) is 0 Å². The summed E-state index contributed by atoms with van der Waals surface area (Å²) in [6, 6.07) is 5.73. The Morgan fingerprint density at radius 2 is 1.56 bits per heavy atom. The molecule has 0 aliphatic rings. The lowest BCUT2D eigenvalue weighted by atomic mass is 10.3. The maximum Gasteiger partial charge on any atom is 0.164 e. The number of methoxy groups -OCH3 is 1. The molecule has 1 aromatic rings. The lowest BCUT2D eigenvalue weighted by molar-refractivity contribution is 0.282. The molecular formula is C15H24O3. The molecule has 0 atom stereocenters. The van der Waals surface area contributed by atoms with E-state index in [0.29, 0.717) is 0 Å². The van der Waals surface area contributed by atoms with Crippen LogP contribution in [0, 0.1) is 0 Å². The van der Waals surface area contributed by atoms with Crippen molar-refractivity contribution in [3.8, 4) is 17.2 Å². The first-order chi connectivity index (χ1) is 8.81. The van der Waals surface area contributed by atoms with Crippen molar-refractivity contribution in [2.45, 2.75) is 39.5 Å². The maximum atomic E-state index is 5.67. The van der Waals surface area contributed by atoms with Crippen LogP contribution in [-0.4, -0.2) is 20.3 Å². The molecule has 0 aliphatic heterocycles. The van der Waals surface area contributed by atoms with Gasteiger partial charge in [0.1, 0.15) is 5.75 Å². The van der Waals surface area contributed by atoms with Crippen LogP contribution in [0.4, 0.5) is 0 Å². The molecule has 0 saturated heterocycles. The summed E-state index contributed by atoms with van der Waals surface area (Å²) in [5.41, 5.74) is 0. The Morgan fingerprint density at radius 1 is 0.889 bits per heavy atom. The Bertz CT molecular complexity index is 337. The quantitative estimate of drug-likeness (QED) is 0.620. The number of hydrogen-bond acceptors (Lipinski definition) is 3. The third kappa shape index (κ3) is 4.86. The van der Waals surface area contributed by atoms with E-state index >= 15 is 0 Å². The summed E-state index contributed by atoms with van der Waals surface area (Å²) in [6.45, 7) is 5.76. The van der Waals surface area contributed by atoms with Gasteiger partial charge in [0.25, 0.3) is 0 Å². The molecule has 0 heterocycles. The summed E-state index contributed by atoms with van der Waals surface area (Å²) in [7, 11) is 1.65. The zero-order valence-electron chi connectivity index (χ0n) is 11.7. The topological polar surface area (TPSA) is 27.7 Å². The highest BCUT2D eigenvalue weighted by atomic mass is 16.5. The first-order valence-corrected chi connectivity index (χ1v) is 6.75. The number of hydrogen-bond donors (Lipinski definition) is 0. The fourth-order valence-electron chi connectivity index (χ4n) is 1.52. The van der Waals surface area contributed by atoms with Gasteiger partial charge in [0.15, 0.2) is 11.5 Å². The molecular weight excluding hydrogens is 228 g/mol. The average molecular weight is 252 g/mol. The summed E-state index contributed by atoms with van der Waals surface area (Å²) < 4.78 is 16.6. The van der Waals surface area contributed by atoms with Gasteiger partial charge in [-0.15, -0.1) is 0 Å². The van der Waals surface area contributed by atoms with E-state index in [2.05, 4.69) is 13.8 Å². The van der Waals surface area contributed by atoms with Gasteiger partial charge < -0.3 is 14.2 Å². The van der Waals surface area contributed by atoms with Gasteiger partial charge in [-0.25, -0.2) is 0 Å². The van der Waals surface area contributed by atoms with Crippen molar-refractivity contribution >= 4 is 0 Å². The molecule has 0 radical (unpaired) electrons. The molecule has 0 bridgehead atoms. The van der Waals surface area contributed by atoms with Crippen LogP contribution in [0.1, 0.15) is 39.5 Å². The minimum atomic E-state index is 0.725. The van der Waals surface area contributed by atoms with Crippen LogP contribution in [0.5, 0.6) is 17.2 Å². The van der Waals surface area contributed by atoms with E-state index in [0.717, 1.165) is 56.1 Å². The van der Waals surface area contributed by atoms with Gasteiger partial charge in [0.2, 0.25) is 0 Å². The van der Waals surface area contributed by atoms with Gasteiger partial charge in [-0.3, -0.25) is 0 Å². The summed E-state index contributed by atoms with van der Waals surface area (Å²) in [5.74, 6) is 2.36. The lowest BCUT2D eigenvalue weighted by Crippen LogP contribution is -2.00. The van der Waals surface area contributed by atoms with E-state index in [1.54, 1.807) is 7.11 Å². The molecule has 0 fully saturated rings. The number of benzene rings is 1. The SMILES string of the molecule is CCCCOc1ccc(OCCCC)c(OC)c1. The normalized spacial score (nSPS) is 10.2. The van der Waals surface area contributed by atoms with Gasteiger partial charge in [-0.2, -0.15) is 0 Å². The number of rotatable bonds is 9. The highest BCUT2D eigenvalue weighted by molar-refractivity contribution is 5.45. The van der Waals surface area contributed by atoms with Crippen molar-refractivity contribution in [1.82, 2.24) is 0 Å². The Labute approximate surface area is 110 Å². The summed E-state index contributed by atoms with van der Waals surface area (Å²) >= 11 is 0.